The number of nitrogens with one attached hydrogen (secondary N) is 2. The van der Waals surface area contributed by atoms with Crippen LogP contribution in [-0.4, -0.2) is 52.3 Å². The number of ether oxygens (including phenoxy) is 2. The highest BCUT2D eigenvalue weighted by Gasteiger charge is 2.22. The molecule has 0 spiro atoms. The van der Waals surface area contributed by atoms with E-state index >= 15 is 0 Å². The molecule has 1 amide bonds. The number of anilines is 3. The predicted molar refractivity (Wildman–Crippen MR) is 137 cm³/mol. The molecule has 2 aromatic carbocycles. The summed E-state index contributed by atoms with van der Waals surface area (Å²) in [6.45, 7) is 1.87. The third-order valence-corrected chi connectivity index (χ3v) is 7.82. The summed E-state index contributed by atoms with van der Waals surface area (Å²) in [6, 6.07) is 12.1. The number of amides is 1. The summed E-state index contributed by atoms with van der Waals surface area (Å²) >= 11 is 0. The van der Waals surface area contributed by atoms with Crippen molar-refractivity contribution < 1.29 is 31.1 Å². The molecule has 0 saturated carbocycles. The summed E-state index contributed by atoms with van der Waals surface area (Å²) in [4.78, 5) is 20.3. The van der Waals surface area contributed by atoms with E-state index in [0.29, 0.717) is 28.6 Å². The van der Waals surface area contributed by atoms with Gasteiger partial charge in [-0.25, -0.2) is 31.5 Å². The first-order valence-corrected chi connectivity index (χ1v) is 14.4. The average molecular weight is 548 g/mol. The summed E-state index contributed by atoms with van der Waals surface area (Å²) in [5.41, 5.74) is 1.42. The van der Waals surface area contributed by atoms with Gasteiger partial charge >= 0.3 is 0 Å². The van der Waals surface area contributed by atoms with Crippen LogP contribution in [0.15, 0.2) is 59.6 Å². The van der Waals surface area contributed by atoms with Crippen LogP contribution in [0, 0.1) is 6.92 Å². The Kier molecular flexibility index (Phi) is 7.50. The minimum atomic E-state index is -3.91. The molecule has 37 heavy (non-hydrogen) atoms. The first kappa shape index (κ1) is 26.2. The molecular formula is C23H25N5O7S2. The molecule has 0 unspecified atom stereocenters. The smallest absolute Gasteiger partial charge is 0.264 e. The van der Waals surface area contributed by atoms with Gasteiger partial charge in [0.2, 0.25) is 28.7 Å². The van der Waals surface area contributed by atoms with Crippen molar-refractivity contribution in [3.05, 3.63) is 60.4 Å². The number of nitrogens with zero attached hydrogens (tertiary/aromatic N) is 3. The third kappa shape index (κ3) is 6.65. The fraction of sp³-hybridized carbons (Fsp3) is 0.261. The highest BCUT2D eigenvalue weighted by atomic mass is 32.2. The van der Waals surface area contributed by atoms with Gasteiger partial charge in [-0.1, -0.05) is 0 Å². The number of rotatable bonds is 10. The molecule has 1 aliphatic heterocycles. The molecule has 0 fully saturated rings. The zero-order valence-electron chi connectivity index (χ0n) is 20.0. The molecule has 0 radical (unpaired) electrons. The van der Waals surface area contributed by atoms with Crippen molar-refractivity contribution in [1.29, 1.82) is 0 Å². The molecule has 2 N–H and O–H groups in total. The van der Waals surface area contributed by atoms with Gasteiger partial charge in [0.05, 0.1) is 16.8 Å². The molecule has 196 valence electrons. The van der Waals surface area contributed by atoms with E-state index in [4.69, 9.17) is 9.47 Å². The number of hydrogen-bond donors (Lipinski definition) is 2. The summed E-state index contributed by atoms with van der Waals surface area (Å²) in [7, 11) is -7.51. The summed E-state index contributed by atoms with van der Waals surface area (Å²) in [5, 5.41) is 2.68. The van der Waals surface area contributed by atoms with E-state index in [1.165, 1.54) is 34.8 Å². The van der Waals surface area contributed by atoms with Gasteiger partial charge in [-0.3, -0.25) is 9.10 Å². The second kappa shape index (κ2) is 10.6. The Balaban J connectivity index is 1.33. The molecule has 0 aliphatic carbocycles. The number of aryl methyl sites for hydroxylation is 1. The van der Waals surface area contributed by atoms with Crippen molar-refractivity contribution in [2.24, 2.45) is 0 Å². The third-order valence-electron chi connectivity index (χ3n) is 5.28. The van der Waals surface area contributed by atoms with Gasteiger partial charge in [0.15, 0.2) is 11.5 Å². The number of aromatic nitrogens is 2. The average Bonchev–Trinajstić information content (AvgIpc) is 3.29. The van der Waals surface area contributed by atoms with Crippen molar-refractivity contribution in [1.82, 2.24) is 9.97 Å². The van der Waals surface area contributed by atoms with Crippen molar-refractivity contribution >= 4 is 43.3 Å². The Morgan fingerprint density at radius 2 is 1.76 bits per heavy atom. The lowest BCUT2D eigenvalue weighted by Crippen LogP contribution is -2.31. The zero-order chi connectivity index (χ0) is 26.6. The Hall–Kier alpha value is -3.91. The van der Waals surface area contributed by atoms with E-state index in [1.807, 2.05) is 0 Å². The number of carbonyl (C=O) groups is 1. The van der Waals surface area contributed by atoms with Gasteiger partial charge in [-0.05, 0) is 55.8 Å². The molecule has 1 aliphatic rings. The summed E-state index contributed by atoms with van der Waals surface area (Å²) in [6.07, 6.45) is 2.83. The van der Waals surface area contributed by atoms with Crippen LogP contribution in [0.2, 0.25) is 0 Å². The Bertz CT molecular complexity index is 1510. The Labute approximate surface area is 214 Å². The molecule has 0 bridgehead atoms. The summed E-state index contributed by atoms with van der Waals surface area (Å²) in [5.74, 6) is 0.605. The minimum absolute atomic E-state index is 0.0249. The molecule has 12 nitrogen and oxygen atoms in total. The largest absolute Gasteiger partial charge is 0.454 e. The lowest BCUT2D eigenvalue weighted by atomic mass is 10.2. The number of benzene rings is 2. The topological polar surface area (TPSA) is 157 Å². The highest BCUT2D eigenvalue weighted by molar-refractivity contribution is 7.92. The van der Waals surface area contributed by atoms with Crippen LogP contribution in [0.4, 0.5) is 17.3 Å². The van der Waals surface area contributed by atoms with E-state index in [9.17, 15) is 21.6 Å². The molecule has 3 aromatic rings. The monoisotopic (exact) mass is 547 g/mol. The molecular weight excluding hydrogens is 522 g/mol. The van der Waals surface area contributed by atoms with Crippen molar-refractivity contribution in [2.45, 2.75) is 24.7 Å². The van der Waals surface area contributed by atoms with Crippen LogP contribution in [0.25, 0.3) is 0 Å². The second-order valence-electron chi connectivity index (χ2n) is 8.18. The molecule has 0 saturated heterocycles. The maximum Gasteiger partial charge on any atom is 0.264 e. The van der Waals surface area contributed by atoms with Crippen LogP contribution in [0.5, 0.6) is 11.5 Å². The summed E-state index contributed by atoms with van der Waals surface area (Å²) < 4.78 is 63.9. The number of fused-ring (bicyclic) bond motifs is 1. The second-order valence-corrected chi connectivity index (χ2v) is 11.8. The lowest BCUT2D eigenvalue weighted by Gasteiger charge is -2.22. The van der Waals surface area contributed by atoms with Crippen LogP contribution in [0.1, 0.15) is 18.5 Å². The number of carbonyl (C=O) groups excluding carboxylic acids is 1. The maximum atomic E-state index is 12.6. The standard InChI is InChI=1S/C23H25N5O7S2/c1-16-11-12-24-23(25-16)27-37(32,33)19-8-5-17(6-9-19)26-22(29)4-3-13-28(36(2,30)31)18-7-10-20-21(14-18)35-15-34-20/h5-12,14H,3-4,13,15H2,1-2H3,(H,26,29)(H,24,25,27). The Morgan fingerprint density at radius 1 is 1.03 bits per heavy atom. The van der Waals surface area contributed by atoms with Crippen LogP contribution in [-0.2, 0) is 24.8 Å². The van der Waals surface area contributed by atoms with Crippen LogP contribution >= 0.6 is 0 Å². The fourth-order valence-electron chi connectivity index (χ4n) is 3.53. The molecule has 2 heterocycles. The maximum absolute atomic E-state index is 12.6. The van der Waals surface area contributed by atoms with Gasteiger partial charge in [0.25, 0.3) is 10.0 Å². The van der Waals surface area contributed by atoms with E-state index in [-0.39, 0.29) is 42.9 Å². The van der Waals surface area contributed by atoms with Crippen molar-refractivity contribution in [3.8, 4) is 11.5 Å². The first-order chi connectivity index (χ1) is 17.5. The van der Waals surface area contributed by atoms with E-state index in [1.54, 1.807) is 31.2 Å². The van der Waals surface area contributed by atoms with Gasteiger partial charge in [-0.2, -0.15) is 0 Å². The SMILES string of the molecule is Cc1ccnc(NS(=O)(=O)c2ccc(NC(=O)CCCN(c3ccc4c(c3)OCO4)S(C)(=O)=O)cc2)n1. The van der Waals surface area contributed by atoms with E-state index < -0.39 is 20.0 Å². The van der Waals surface area contributed by atoms with Gasteiger partial charge < -0.3 is 14.8 Å². The zero-order valence-corrected chi connectivity index (χ0v) is 21.7. The highest BCUT2D eigenvalue weighted by Crippen LogP contribution is 2.36. The molecule has 1 aromatic heterocycles. The van der Waals surface area contributed by atoms with Crippen molar-refractivity contribution in [3.63, 3.8) is 0 Å². The van der Waals surface area contributed by atoms with Gasteiger partial charge in [-0.15, -0.1) is 0 Å². The number of sulfonamides is 2. The number of hydrogen-bond acceptors (Lipinski definition) is 9. The van der Waals surface area contributed by atoms with Crippen molar-refractivity contribution in [2.75, 3.05) is 33.9 Å². The van der Waals surface area contributed by atoms with Crippen LogP contribution < -0.4 is 23.8 Å². The lowest BCUT2D eigenvalue weighted by molar-refractivity contribution is -0.116. The molecule has 4 rings (SSSR count). The normalized spacial score (nSPS) is 12.7. The fourth-order valence-corrected chi connectivity index (χ4v) is 5.44. The molecule has 14 heteroatoms. The Morgan fingerprint density at radius 3 is 2.46 bits per heavy atom. The quantitative estimate of drug-likeness (QED) is 0.389. The van der Waals surface area contributed by atoms with E-state index in [0.717, 1.165) is 6.26 Å². The van der Waals surface area contributed by atoms with E-state index in [2.05, 4.69) is 20.0 Å². The molecule has 0 atom stereocenters. The first-order valence-electron chi connectivity index (χ1n) is 11.1. The van der Waals surface area contributed by atoms with Crippen LogP contribution in [0.3, 0.4) is 0 Å². The van der Waals surface area contributed by atoms with Gasteiger partial charge in [0.1, 0.15) is 0 Å². The predicted octanol–water partition coefficient (Wildman–Crippen LogP) is 2.50. The minimum Gasteiger partial charge on any atom is -0.454 e. The van der Waals surface area contributed by atoms with Gasteiger partial charge in [0, 0.05) is 36.6 Å².